The minimum absolute atomic E-state index is 0.123. The number of carbonyl (C=O) groups excluding carboxylic acids is 1. The van der Waals surface area contributed by atoms with E-state index in [4.69, 9.17) is 9.47 Å². The number of carbonyl (C=O) groups is 1. The zero-order valence-electron chi connectivity index (χ0n) is 15.5. The van der Waals surface area contributed by atoms with E-state index in [9.17, 15) is 4.79 Å². The molecule has 2 rings (SSSR count). The summed E-state index contributed by atoms with van der Waals surface area (Å²) in [7, 11) is 0. The summed E-state index contributed by atoms with van der Waals surface area (Å²) in [5, 5.41) is 3.34. The van der Waals surface area contributed by atoms with Gasteiger partial charge < -0.3 is 19.7 Å². The Bertz CT molecular complexity index is 351. The fourth-order valence-electron chi connectivity index (χ4n) is 3.41. The first kappa shape index (κ1) is 19.6. The lowest BCUT2D eigenvalue weighted by molar-refractivity contribution is -0.138. The largest absolute Gasteiger partial charge is 0.378 e. The number of nitrogens with zero attached hydrogens (tertiary/aromatic N) is 2. The van der Waals surface area contributed by atoms with Gasteiger partial charge in [-0.15, -0.1) is 0 Å². The number of piperidine rings is 1. The van der Waals surface area contributed by atoms with Crippen molar-refractivity contribution in [2.75, 3.05) is 72.2 Å². The van der Waals surface area contributed by atoms with Crippen molar-refractivity contribution in [3.63, 3.8) is 0 Å². The molecule has 2 fully saturated rings. The van der Waals surface area contributed by atoms with E-state index in [1.54, 1.807) is 0 Å². The molecule has 0 aromatic carbocycles. The minimum Gasteiger partial charge on any atom is -0.378 e. The van der Waals surface area contributed by atoms with Gasteiger partial charge in [-0.2, -0.15) is 0 Å². The Hall–Kier alpha value is -0.690. The highest BCUT2D eigenvalue weighted by atomic mass is 16.5. The third-order valence-electron chi connectivity index (χ3n) is 5.19. The van der Waals surface area contributed by atoms with Crippen LogP contribution in [0.25, 0.3) is 0 Å². The van der Waals surface area contributed by atoms with Gasteiger partial charge in [0.25, 0.3) is 0 Å². The fraction of sp³-hybridized carbons (Fsp3) is 0.944. The van der Waals surface area contributed by atoms with Gasteiger partial charge in [-0.1, -0.05) is 13.8 Å². The molecule has 1 N–H and O–H groups in total. The van der Waals surface area contributed by atoms with Crippen molar-refractivity contribution in [1.29, 1.82) is 0 Å². The van der Waals surface area contributed by atoms with Gasteiger partial charge in [0.1, 0.15) is 6.61 Å². The molecule has 2 aliphatic heterocycles. The molecule has 0 aliphatic carbocycles. The number of rotatable bonds is 9. The number of likely N-dealkylation sites (tertiary alicyclic amines) is 1. The molecular formula is C18H35N3O3. The molecule has 2 aliphatic rings. The summed E-state index contributed by atoms with van der Waals surface area (Å²) in [6, 6.07) is 0. The average Bonchev–Trinajstić information content (AvgIpc) is 2.61. The Morgan fingerprint density at radius 3 is 2.38 bits per heavy atom. The van der Waals surface area contributed by atoms with Crippen molar-refractivity contribution in [2.45, 2.75) is 26.7 Å². The number of amides is 1. The molecule has 2 heterocycles. The molecule has 0 radical (unpaired) electrons. The predicted molar refractivity (Wildman–Crippen MR) is 95.1 cm³/mol. The quantitative estimate of drug-likeness (QED) is 0.629. The van der Waals surface area contributed by atoms with Crippen molar-refractivity contribution >= 4 is 5.91 Å². The van der Waals surface area contributed by atoms with Crippen molar-refractivity contribution in [3.05, 3.63) is 0 Å². The fourth-order valence-corrected chi connectivity index (χ4v) is 3.41. The van der Waals surface area contributed by atoms with E-state index in [-0.39, 0.29) is 12.5 Å². The summed E-state index contributed by atoms with van der Waals surface area (Å²) in [5.74, 6) is 1.61. The van der Waals surface area contributed by atoms with Crippen LogP contribution in [-0.2, 0) is 14.3 Å². The molecule has 0 aromatic rings. The molecule has 2 saturated heterocycles. The first-order valence-corrected chi connectivity index (χ1v) is 9.53. The van der Waals surface area contributed by atoms with Gasteiger partial charge in [0.05, 0.1) is 19.8 Å². The van der Waals surface area contributed by atoms with Crippen molar-refractivity contribution in [2.24, 2.45) is 11.8 Å². The maximum Gasteiger partial charge on any atom is 0.248 e. The number of hydrogen-bond acceptors (Lipinski definition) is 5. The normalized spacial score (nSPS) is 20.7. The van der Waals surface area contributed by atoms with Gasteiger partial charge in [0.15, 0.2) is 0 Å². The third-order valence-corrected chi connectivity index (χ3v) is 5.19. The van der Waals surface area contributed by atoms with Crippen LogP contribution in [0.4, 0.5) is 0 Å². The van der Waals surface area contributed by atoms with Crippen LogP contribution in [0.1, 0.15) is 26.7 Å². The van der Waals surface area contributed by atoms with Crippen LogP contribution in [-0.4, -0.2) is 87.9 Å². The van der Waals surface area contributed by atoms with E-state index < -0.39 is 0 Å². The first-order chi connectivity index (χ1) is 11.7. The van der Waals surface area contributed by atoms with Crippen LogP contribution in [0.15, 0.2) is 0 Å². The van der Waals surface area contributed by atoms with Crippen LogP contribution in [0.5, 0.6) is 0 Å². The first-order valence-electron chi connectivity index (χ1n) is 9.53. The summed E-state index contributed by atoms with van der Waals surface area (Å²) in [6.45, 7) is 13.6. The lowest BCUT2D eigenvalue weighted by Gasteiger charge is -2.33. The zero-order valence-corrected chi connectivity index (χ0v) is 15.5. The maximum absolute atomic E-state index is 12.1. The van der Waals surface area contributed by atoms with Crippen LogP contribution in [0.2, 0.25) is 0 Å². The standard InChI is InChI=1S/C18H35N3O3/c1-16(2)17-3-7-21(8-4-17)18(22)15-24-14-13-23-12-11-20-9-5-19-6-10-20/h16-17,19H,3-15H2,1-2H3. The summed E-state index contributed by atoms with van der Waals surface area (Å²) < 4.78 is 11.1. The smallest absolute Gasteiger partial charge is 0.248 e. The Labute approximate surface area is 146 Å². The second-order valence-corrected chi connectivity index (χ2v) is 7.22. The second-order valence-electron chi connectivity index (χ2n) is 7.22. The summed E-state index contributed by atoms with van der Waals surface area (Å²) in [4.78, 5) is 16.5. The Balaban J connectivity index is 1.43. The van der Waals surface area contributed by atoms with E-state index in [2.05, 4.69) is 24.1 Å². The van der Waals surface area contributed by atoms with Gasteiger partial charge in [-0.05, 0) is 24.7 Å². The van der Waals surface area contributed by atoms with E-state index in [1.165, 1.54) is 0 Å². The number of piperazine rings is 1. The average molecular weight is 341 g/mol. The molecule has 0 bridgehead atoms. The summed E-state index contributed by atoms with van der Waals surface area (Å²) >= 11 is 0. The Morgan fingerprint density at radius 1 is 1.04 bits per heavy atom. The highest BCUT2D eigenvalue weighted by Gasteiger charge is 2.24. The topological polar surface area (TPSA) is 54.0 Å². The number of nitrogens with one attached hydrogen (secondary N) is 1. The van der Waals surface area contributed by atoms with Gasteiger partial charge in [0, 0.05) is 45.8 Å². The predicted octanol–water partition coefficient (Wildman–Crippen LogP) is 0.819. The molecule has 0 spiro atoms. The van der Waals surface area contributed by atoms with Crippen LogP contribution >= 0.6 is 0 Å². The molecule has 0 unspecified atom stereocenters. The number of hydrogen-bond donors (Lipinski definition) is 1. The molecule has 6 heteroatoms. The molecule has 0 aromatic heterocycles. The van der Waals surface area contributed by atoms with E-state index in [0.717, 1.165) is 77.1 Å². The van der Waals surface area contributed by atoms with Crippen LogP contribution in [0.3, 0.4) is 0 Å². The van der Waals surface area contributed by atoms with Crippen molar-refractivity contribution < 1.29 is 14.3 Å². The lowest BCUT2D eigenvalue weighted by atomic mass is 9.87. The monoisotopic (exact) mass is 341 g/mol. The van der Waals surface area contributed by atoms with E-state index >= 15 is 0 Å². The highest BCUT2D eigenvalue weighted by Crippen LogP contribution is 2.24. The van der Waals surface area contributed by atoms with E-state index in [0.29, 0.717) is 13.2 Å². The number of ether oxygens (including phenoxy) is 2. The molecule has 1 amide bonds. The highest BCUT2D eigenvalue weighted by molar-refractivity contribution is 5.77. The maximum atomic E-state index is 12.1. The SMILES string of the molecule is CC(C)C1CCN(C(=O)COCCOCCN2CCNCC2)CC1. The van der Waals surface area contributed by atoms with Gasteiger partial charge in [-0.3, -0.25) is 9.69 Å². The van der Waals surface area contributed by atoms with Crippen LogP contribution < -0.4 is 5.32 Å². The Morgan fingerprint density at radius 2 is 1.71 bits per heavy atom. The van der Waals surface area contributed by atoms with Gasteiger partial charge in [-0.25, -0.2) is 0 Å². The van der Waals surface area contributed by atoms with Crippen molar-refractivity contribution in [3.8, 4) is 0 Å². The second kappa shape index (κ2) is 11.0. The van der Waals surface area contributed by atoms with Crippen LogP contribution in [0, 0.1) is 11.8 Å². The van der Waals surface area contributed by atoms with Gasteiger partial charge in [0.2, 0.25) is 5.91 Å². The lowest BCUT2D eigenvalue weighted by Crippen LogP contribution is -2.44. The Kier molecular flexibility index (Phi) is 9.02. The van der Waals surface area contributed by atoms with Crippen molar-refractivity contribution in [1.82, 2.24) is 15.1 Å². The molecular weight excluding hydrogens is 306 g/mol. The summed E-state index contributed by atoms with van der Waals surface area (Å²) in [5.41, 5.74) is 0. The molecule has 0 atom stereocenters. The van der Waals surface area contributed by atoms with Gasteiger partial charge >= 0.3 is 0 Å². The molecule has 0 saturated carbocycles. The molecule has 24 heavy (non-hydrogen) atoms. The molecule has 140 valence electrons. The zero-order chi connectivity index (χ0) is 17.2. The summed E-state index contributed by atoms with van der Waals surface area (Å²) in [6.07, 6.45) is 2.25. The van der Waals surface area contributed by atoms with E-state index in [1.807, 2.05) is 4.90 Å². The third kappa shape index (κ3) is 7.05. The molecule has 6 nitrogen and oxygen atoms in total. The minimum atomic E-state index is 0.123.